The van der Waals surface area contributed by atoms with Crippen molar-refractivity contribution in [2.24, 2.45) is 0 Å². The summed E-state index contributed by atoms with van der Waals surface area (Å²) in [5.74, 6) is 1.11. The van der Waals surface area contributed by atoms with Gasteiger partial charge in [-0.15, -0.1) is 11.8 Å². The van der Waals surface area contributed by atoms with Crippen LogP contribution in [0.4, 0.5) is 0 Å². The molecule has 2 amide bonds. The number of benzene rings is 3. The quantitative estimate of drug-likeness (QED) is 0.0761. The van der Waals surface area contributed by atoms with E-state index in [0.717, 1.165) is 45.1 Å². The van der Waals surface area contributed by atoms with Crippen LogP contribution in [-0.2, 0) is 32.2 Å². The maximum Gasteiger partial charge on any atom is 0.243 e. The van der Waals surface area contributed by atoms with Gasteiger partial charge in [0.15, 0.2) is 6.29 Å². The van der Waals surface area contributed by atoms with Crippen LogP contribution in [0, 0.1) is 0 Å². The number of aliphatic hydroxyl groups is 1. The molecule has 0 saturated carbocycles. The van der Waals surface area contributed by atoms with Gasteiger partial charge in [0, 0.05) is 42.0 Å². The molecule has 3 aromatic carbocycles. The van der Waals surface area contributed by atoms with Crippen molar-refractivity contribution in [3.05, 3.63) is 95.1 Å². The largest absolute Gasteiger partial charge is 0.496 e. The summed E-state index contributed by atoms with van der Waals surface area (Å²) in [6.45, 7) is 0.407. The number of unbranched alkanes of at least 4 members (excludes halogenated alkanes) is 2. The van der Waals surface area contributed by atoms with E-state index in [0.29, 0.717) is 32.2 Å². The molecule has 0 spiro atoms. The molecule has 230 valence electrons. The molecule has 43 heavy (non-hydrogen) atoms. The number of aliphatic hydroxyl groups excluding tert-OH is 1. The molecule has 0 aliphatic carbocycles. The minimum absolute atomic E-state index is 0.00593. The monoisotopic (exact) mass is 608 g/mol. The third-order valence-corrected chi connectivity index (χ3v) is 8.47. The molecule has 0 bridgehead atoms. The molecule has 10 heteroatoms. The molecule has 1 heterocycles. The second kappa shape index (κ2) is 17.0. The van der Waals surface area contributed by atoms with Crippen molar-refractivity contribution < 1.29 is 34.1 Å². The molecule has 0 radical (unpaired) electrons. The molecule has 4 N–H and O–H groups in total. The van der Waals surface area contributed by atoms with E-state index in [1.165, 1.54) is 0 Å². The van der Waals surface area contributed by atoms with E-state index in [2.05, 4.69) is 5.32 Å². The van der Waals surface area contributed by atoms with E-state index in [9.17, 15) is 14.7 Å². The Morgan fingerprint density at radius 3 is 2.26 bits per heavy atom. The fourth-order valence-electron chi connectivity index (χ4n) is 4.83. The van der Waals surface area contributed by atoms with E-state index < -0.39 is 12.2 Å². The number of nitrogens with one attached hydrogen (secondary N) is 2. The molecule has 3 atom stereocenters. The molecule has 1 aliphatic heterocycles. The highest BCUT2D eigenvalue weighted by Crippen LogP contribution is 2.40. The molecule has 1 saturated heterocycles. The number of amides is 2. The summed E-state index contributed by atoms with van der Waals surface area (Å²) in [4.78, 5) is 24.3. The van der Waals surface area contributed by atoms with Crippen molar-refractivity contribution in [3.63, 3.8) is 0 Å². The van der Waals surface area contributed by atoms with E-state index in [-0.39, 0.29) is 31.1 Å². The van der Waals surface area contributed by atoms with Gasteiger partial charge in [-0.25, -0.2) is 5.48 Å². The van der Waals surface area contributed by atoms with Gasteiger partial charge in [0.05, 0.1) is 25.9 Å². The van der Waals surface area contributed by atoms with Gasteiger partial charge < -0.3 is 24.6 Å². The highest BCUT2D eigenvalue weighted by molar-refractivity contribution is 7.99. The number of para-hydroxylation sites is 1. The van der Waals surface area contributed by atoms with Crippen molar-refractivity contribution in [2.75, 3.05) is 12.9 Å². The summed E-state index contributed by atoms with van der Waals surface area (Å²) < 4.78 is 18.4. The summed E-state index contributed by atoms with van der Waals surface area (Å²) in [6.07, 6.45) is 2.56. The van der Waals surface area contributed by atoms with Gasteiger partial charge in [0.2, 0.25) is 11.8 Å². The summed E-state index contributed by atoms with van der Waals surface area (Å²) in [7, 11) is 1.67. The lowest BCUT2D eigenvalue weighted by molar-refractivity contribution is -0.245. The van der Waals surface area contributed by atoms with Gasteiger partial charge in [-0.1, -0.05) is 67.1 Å². The molecule has 0 unspecified atom stereocenters. The zero-order valence-electron chi connectivity index (χ0n) is 24.4. The van der Waals surface area contributed by atoms with Gasteiger partial charge in [-0.05, 0) is 41.7 Å². The minimum Gasteiger partial charge on any atom is -0.496 e. The predicted molar refractivity (Wildman–Crippen MR) is 163 cm³/mol. The zero-order chi connectivity index (χ0) is 30.4. The maximum absolute atomic E-state index is 12.2. The molecule has 1 aliphatic rings. The number of hydrogen-bond acceptors (Lipinski definition) is 8. The molecule has 0 aromatic heterocycles. The molecular weight excluding hydrogens is 568 g/mol. The van der Waals surface area contributed by atoms with Crippen LogP contribution in [0.1, 0.15) is 73.2 Å². The van der Waals surface area contributed by atoms with Crippen molar-refractivity contribution in [2.45, 2.75) is 75.1 Å². The number of thioether (sulfide) groups is 1. The van der Waals surface area contributed by atoms with Gasteiger partial charge in [0.25, 0.3) is 0 Å². The first-order valence-corrected chi connectivity index (χ1v) is 15.5. The number of methoxy groups -OCH3 is 1. The summed E-state index contributed by atoms with van der Waals surface area (Å²) >= 11 is 1.69. The van der Waals surface area contributed by atoms with Crippen LogP contribution in [0.5, 0.6) is 5.75 Å². The molecule has 1 fully saturated rings. The van der Waals surface area contributed by atoms with Crippen LogP contribution in [0.25, 0.3) is 0 Å². The number of rotatable bonds is 15. The van der Waals surface area contributed by atoms with Crippen molar-refractivity contribution in [1.29, 1.82) is 0 Å². The second-order valence-electron chi connectivity index (χ2n) is 10.4. The Hall–Kier alpha value is -3.41. The van der Waals surface area contributed by atoms with Crippen LogP contribution >= 0.6 is 11.8 Å². The van der Waals surface area contributed by atoms with Gasteiger partial charge in [-0.3, -0.25) is 14.8 Å². The summed E-state index contributed by atoms with van der Waals surface area (Å²) in [6, 6.07) is 23.7. The highest BCUT2D eigenvalue weighted by Gasteiger charge is 2.32. The normalized spacial score (nSPS) is 18.2. The Bertz CT molecular complexity index is 1300. The Labute approximate surface area is 256 Å². The van der Waals surface area contributed by atoms with Gasteiger partial charge in [-0.2, -0.15) is 0 Å². The molecule has 9 nitrogen and oxygen atoms in total. The third kappa shape index (κ3) is 10.1. The first-order chi connectivity index (χ1) is 21.0. The van der Waals surface area contributed by atoms with Crippen molar-refractivity contribution in [1.82, 2.24) is 10.8 Å². The lowest BCUT2D eigenvalue weighted by atomic mass is 10.0. The number of carbonyl (C=O) groups is 2. The van der Waals surface area contributed by atoms with Crippen LogP contribution in [0.15, 0.2) is 77.7 Å². The summed E-state index contributed by atoms with van der Waals surface area (Å²) in [5, 5.41) is 20.9. The minimum atomic E-state index is -0.559. The van der Waals surface area contributed by atoms with Crippen LogP contribution < -0.4 is 15.5 Å². The summed E-state index contributed by atoms with van der Waals surface area (Å²) in [5.41, 5.74) is 5.36. The third-order valence-electron chi connectivity index (χ3n) is 7.28. The fraction of sp³-hybridized carbons (Fsp3) is 0.394. The average molecular weight is 609 g/mol. The topological polar surface area (TPSA) is 126 Å². The van der Waals surface area contributed by atoms with Gasteiger partial charge in [0.1, 0.15) is 5.75 Å². The SMILES string of the molecule is COc1ccccc1SC[C@H]1C[C@@H](c2ccc(CO)cc2)O[C@@H](c2ccc(CNC(=O)CCCCCC(=O)NO)cc2)O1. The predicted octanol–water partition coefficient (Wildman–Crippen LogP) is 5.60. The maximum atomic E-state index is 12.2. The van der Waals surface area contributed by atoms with Crippen LogP contribution in [0.3, 0.4) is 0 Å². The number of carbonyl (C=O) groups excluding carboxylic acids is 2. The van der Waals surface area contributed by atoms with Gasteiger partial charge >= 0.3 is 0 Å². The van der Waals surface area contributed by atoms with E-state index in [4.69, 9.17) is 19.4 Å². The number of hydroxylamine groups is 1. The molecule has 4 rings (SSSR count). The first-order valence-electron chi connectivity index (χ1n) is 14.5. The Morgan fingerprint density at radius 2 is 1.56 bits per heavy atom. The van der Waals surface area contributed by atoms with Crippen LogP contribution in [0.2, 0.25) is 0 Å². The highest BCUT2D eigenvalue weighted by atomic mass is 32.2. The number of ether oxygens (including phenoxy) is 3. The first kappa shape index (κ1) is 32.5. The average Bonchev–Trinajstić information content (AvgIpc) is 3.06. The van der Waals surface area contributed by atoms with Crippen molar-refractivity contribution in [3.8, 4) is 5.75 Å². The second-order valence-corrected chi connectivity index (χ2v) is 11.5. The fourth-order valence-corrected chi connectivity index (χ4v) is 5.88. The lowest BCUT2D eigenvalue weighted by Crippen LogP contribution is -2.31. The Kier molecular flexibility index (Phi) is 12.9. The number of hydrogen-bond donors (Lipinski definition) is 4. The lowest BCUT2D eigenvalue weighted by Gasteiger charge is -2.36. The van der Waals surface area contributed by atoms with Crippen molar-refractivity contribution >= 4 is 23.6 Å². The molecule has 3 aromatic rings. The Morgan fingerprint density at radius 1 is 0.884 bits per heavy atom. The standard InChI is InChI=1S/C33H40N2O7S/c1-40-28-7-5-6-8-30(28)43-22-27-19-29(25-15-13-24(21-36)14-16-25)42-33(41-27)26-17-11-23(12-18-26)20-34-31(37)9-3-2-4-10-32(38)35-39/h5-8,11-18,27,29,33,36,39H,2-4,9-10,19-22H2,1H3,(H,34,37)(H,35,38)/t27-,29+,33+/m1/s1. The zero-order valence-corrected chi connectivity index (χ0v) is 25.2. The van der Waals surface area contributed by atoms with Crippen LogP contribution in [-0.4, -0.2) is 41.1 Å². The smallest absolute Gasteiger partial charge is 0.243 e. The Balaban J connectivity index is 1.35. The molecular formula is C33H40N2O7S. The van der Waals surface area contributed by atoms with E-state index >= 15 is 0 Å². The van der Waals surface area contributed by atoms with E-state index in [1.54, 1.807) is 24.4 Å². The van der Waals surface area contributed by atoms with E-state index in [1.807, 2.05) is 72.8 Å².